The number of amidine groups is 1. The molecule has 0 aliphatic carbocycles. The molecule has 0 spiro atoms. The van der Waals surface area contributed by atoms with E-state index in [0.29, 0.717) is 12.1 Å². The number of nitrogens with zero attached hydrogens (tertiary/aromatic N) is 1. The molecule has 1 unspecified atom stereocenters. The van der Waals surface area contributed by atoms with Crippen LogP contribution >= 0.6 is 0 Å². The summed E-state index contributed by atoms with van der Waals surface area (Å²) >= 11 is 0. The second kappa shape index (κ2) is 4.79. The van der Waals surface area contributed by atoms with Gasteiger partial charge < -0.3 is 15.7 Å². The van der Waals surface area contributed by atoms with Gasteiger partial charge in [0.05, 0.1) is 6.10 Å². The lowest BCUT2D eigenvalue weighted by Gasteiger charge is -2.23. The summed E-state index contributed by atoms with van der Waals surface area (Å²) in [6, 6.07) is 7.42. The first kappa shape index (κ1) is 11.5. The zero-order chi connectivity index (χ0) is 11.4. The first-order chi connectivity index (χ1) is 7.02. The minimum Gasteiger partial charge on any atom is -0.392 e. The van der Waals surface area contributed by atoms with Gasteiger partial charge in [-0.2, -0.15) is 0 Å². The highest BCUT2D eigenvalue weighted by molar-refractivity contribution is 6.00. The fourth-order valence-electron chi connectivity index (χ4n) is 1.53. The molecule has 15 heavy (non-hydrogen) atoms. The van der Waals surface area contributed by atoms with E-state index in [4.69, 9.17) is 11.1 Å². The van der Waals surface area contributed by atoms with E-state index in [-0.39, 0.29) is 5.84 Å². The molecule has 0 amide bonds. The molecule has 4 N–H and O–H groups in total. The minimum absolute atomic E-state index is 0.0445. The summed E-state index contributed by atoms with van der Waals surface area (Å²) in [7, 11) is 1.87. The number of nitrogen functional groups attached to an aromatic ring is 1. The third-order valence-electron chi connectivity index (χ3n) is 2.14. The van der Waals surface area contributed by atoms with Crippen LogP contribution in [0.1, 0.15) is 12.5 Å². The van der Waals surface area contributed by atoms with Gasteiger partial charge in [0.15, 0.2) is 0 Å². The molecule has 0 aliphatic rings. The van der Waals surface area contributed by atoms with Crippen LogP contribution in [0.5, 0.6) is 0 Å². The van der Waals surface area contributed by atoms with Crippen molar-refractivity contribution in [2.45, 2.75) is 13.0 Å². The molecule has 0 saturated heterocycles. The number of rotatable bonds is 4. The fourth-order valence-corrected chi connectivity index (χ4v) is 1.53. The second-order valence-electron chi connectivity index (χ2n) is 3.66. The second-order valence-corrected chi connectivity index (χ2v) is 3.66. The van der Waals surface area contributed by atoms with Crippen LogP contribution in [0.2, 0.25) is 0 Å². The van der Waals surface area contributed by atoms with Crippen LogP contribution in [-0.2, 0) is 0 Å². The third kappa shape index (κ3) is 2.95. The minimum atomic E-state index is -0.407. The van der Waals surface area contributed by atoms with E-state index in [0.717, 1.165) is 5.69 Å². The van der Waals surface area contributed by atoms with Gasteiger partial charge in [0.2, 0.25) is 0 Å². The van der Waals surface area contributed by atoms with Crippen molar-refractivity contribution < 1.29 is 5.11 Å². The summed E-state index contributed by atoms with van der Waals surface area (Å²) in [6.07, 6.45) is -0.407. The number of para-hydroxylation sites is 1. The number of aliphatic hydroxyl groups is 1. The number of nitrogens with two attached hydrogens (primary N) is 1. The van der Waals surface area contributed by atoms with Crippen molar-refractivity contribution in [2.24, 2.45) is 5.73 Å². The van der Waals surface area contributed by atoms with E-state index in [2.05, 4.69) is 0 Å². The van der Waals surface area contributed by atoms with Crippen molar-refractivity contribution in [1.29, 1.82) is 5.41 Å². The highest BCUT2D eigenvalue weighted by atomic mass is 16.3. The van der Waals surface area contributed by atoms with Crippen LogP contribution < -0.4 is 10.6 Å². The van der Waals surface area contributed by atoms with E-state index >= 15 is 0 Å². The van der Waals surface area contributed by atoms with Gasteiger partial charge in [-0.3, -0.25) is 5.41 Å². The Kier molecular flexibility index (Phi) is 3.68. The zero-order valence-electron chi connectivity index (χ0n) is 9.07. The quantitative estimate of drug-likeness (QED) is 0.505. The highest BCUT2D eigenvalue weighted by Crippen LogP contribution is 2.18. The Bertz CT molecular complexity index is 349. The molecule has 0 heterocycles. The Labute approximate surface area is 89.8 Å². The molecule has 82 valence electrons. The highest BCUT2D eigenvalue weighted by Gasteiger charge is 2.10. The van der Waals surface area contributed by atoms with Crippen molar-refractivity contribution >= 4 is 11.5 Å². The van der Waals surface area contributed by atoms with Crippen molar-refractivity contribution in [2.75, 3.05) is 18.5 Å². The monoisotopic (exact) mass is 207 g/mol. The largest absolute Gasteiger partial charge is 0.392 e. The Balaban J connectivity index is 2.97. The normalized spacial score (nSPS) is 12.2. The smallest absolute Gasteiger partial charge is 0.124 e. The molecule has 1 aromatic carbocycles. The van der Waals surface area contributed by atoms with E-state index in [1.165, 1.54) is 0 Å². The topological polar surface area (TPSA) is 73.3 Å². The molecule has 4 nitrogen and oxygen atoms in total. The van der Waals surface area contributed by atoms with Crippen LogP contribution in [-0.4, -0.2) is 30.6 Å². The molecular weight excluding hydrogens is 190 g/mol. The molecule has 0 aromatic heterocycles. The molecule has 1 atom stereocenters. The summed E-state index contributed by atoms with van der Waals surface area (Å²) in [5, 5.41) is 16.7. The summed E-state index contributed by atoms with van der Waals surface area (Å²) in [4.78, 5) is 1.89. The van der Waals surface area contributed by atoms with E-state index in [1.807, 2.05) is 30.1 Å². The van der Waals surface area contributed by atoms with Crippen LogP contribution in [0.4, 0.5) is 5.69 Å². The Hall–Kier alpha value is -1.55. The van der Waals surface area contributed by atoms with Gasteiger partial charge in [0.25, 0.3) is 0 Å². The van der Waals surface area contributed by atoms with Gasteiger partial charge in [-0.25, -0.2) is 0 Å². The summed E-state index contributed by atoms with van der Waals surface area (Å²) in [6.45, 7) is 2.25. The predicted molar refractivity (Wildman–Crippen MR) is 62.4 cm³/mol. The number of hydrogen-bond donors (Lipinski definition) is 3. The summed E-state index contributed by atoms with van der Waals surface area (Å²) in [5.74, 6) is 0.0445. The molecule has 0 fully saturated rings. The first-order valence-electron chi connectivity index (χ1n) is 4.85. The third-order valence-corrected chi connectivity index (χ3v) is 2.14. The molecule has 1 aromatic rings. The maximum atomic E-state index is 9.29. The average molecular weight is 207 g/mol. The van der Waals surface area contributed by atoms with Gasteiger partial charge in [-0.05, 0) is 19.1 Å². The van der Waals surface area contributed by atoms with Crippen molar-refractivity contribution in [3.05, 3.63) is 29.8 Å². The Morgan fingerprint density at radius 2 is 2.13 bits per heavy atom. The fraction of sp³-hybridized carbons (Fsp3) is 0.364. The molecule has 0 radical (unpaired) electrons. The number of hydrogen-bond acceptors (Lipinski definition) is 3. The van der Waals surface area contributed by atoms with E-state index in [1.54, 1.807) is 13.0 Å². The number of anilines is 1. The van der Waals surface area contributed by atoms with Crippen molar-refractivity contribution in [1.82, 2.24) is 0 Å². The van der Waals surface area contributed by atoms with Gasteiger partial charge in [0.1, 0.15) is 5.84 Å². The predicted octanol–water partition coefficient (Wildman–Crippen LogP) is 0.788. The number of benzene rings is 1. The summed E-state index contributed by atoms with van der Waals surface area (Å²) in [5.41, 5.74) is 7.04. The maximum Gasteiger partial charge on any atom is 0.124 e. The SMILES string of the molecule is CC(O)CN(C)c1ccccc1C(=N)N. The Morgan fingerprint density at radius 1 is 1.53 bits per heavy atom. The lowest BCUT2D eigenvalue weighted by Crippen LogP contribution is -2.29. The van der Waals surface area contributed by atoms with Crippen LogP contribution in [0.3, 0.4) is 0 Å². The standard InChI is InChI=1S/C11H17N3O/c1-8(15)7-14(2)10-6-4-3-5-9(10)11(12)13/h3-6,8,15H,7H2,1-2H3,(H3,12,13). The van der Waals surface area contributed by atoms with Gasteiger partial charge >= 0.3 is 0 Å². The lowest BCUT2D eigenvalue weighted by molar-refractivity contribution is 0.201. The van der Waals surface area contributed by atoms with Gasteiger partial charge in [-0.1, -0.05) is 12.1 Å². The molecule has 1 rings (SSSR count). The van der Waals surface area contributed by atoms with Crippen molar-refractivity contribution in [3.8, 4) is 0 Å². The van der Waals surface area contributed by atoms with Crippen molar-refractivity contribution in [3.63, 3.8) is 0 Å². The molecular formula is C11H17N3O. The van der Waals surface area contributed by atoms with E-state index in [9.17, 15) is 5.11 Å². The number of aliphatic hydroxyl groups excluding tert-OH is 1. The number of likely N-dealkylation sites (N-methyl/N-ethyl adjacent to an activating group) is 1. The summed E-state index contributed by atoms with van der Waals surface area (Å²) < 4.78 is 0. The first-order valence-corrected chi connectivity index (χ1v) is 4.85. The molecule has 4 heteroatoms. The number of nitrogens with one attached hydrogen (secondary N) is 1. The lowest BCUT2D eigenvalue weighted by atomic mass is 10.1. The van der Waals surface area contributed by atoms with Crippen LogP contribution in [0.25, 0.3) is 0 Å². The van der Waals surface area contributed by atoms with Gasteiger partial charge in [-0.15, -0.1) is 0 Å². The zero-order valence-corrected chi connectivity index (χ0v) is 9.07. The maximum absolute atomic E-state index is 9.29. The molecule has 0 saturated carbocycles. The van der Waals surface area contributed by atoms with Crippen LogP contribution in [0.15, 0.2) is 24.3 Å². The van der Waals surface area contributed by atoms with E-state index < -0.39 is 6.10 Å². The molecule has 0 bridgehead atoms. The van der Waals surface area contributed by atoms with Crippen LogP contribution in [0, 0.1) is 5.41 Å². The Morgan fingerprint density at radius 3 is 2.67 bits per heavy atom. The average Bonchev–Trinajstić information content (AvgIpc) is 2.16. The van der Waals surface area contributed by atoms with Gasteiger partial charge in [0, 0.05) is 24.8 Å². The molecule has 0 aliphatic heterocycles.